The molecule has 3 heterocycles. The number of nitrogens with one attached hydrogen (secondary N) is 5. The van der Waals surface area contributed by atoms with Crippen LogP contribution in [0.1, 0.15) is 88.4 Å². The van der Waals surface area contributed by atoms with Crippen LogP contribution in [0, 0.1) is 23.2 Å². The molecule has 2 aromatic carbocycles. The van der Waals surface area contributed by atoms with Crippen molar-refractivity contribution in [3.8, 4) is 28.1 Å². The number of carbonyl (C=O) groups excluding carboxylic acids is 4. The van der Waals surface area contributed by atoms with Crippen molar-refractivity contribution in [2.45, 2.75) is 90.7 Å². The number of aromatic nitrogens is 3. The summed E-state index contributed by atoms with van der Waals surface area (Å²) in [5.41, 5.74) is 2.21. The summed E-state index contributed by atoms with van der Waals surface area (Å²) in [5, 5.41) is 11.4. The van der Waals surface area contributed by atoms with Gasteiger partial charge in [-0.05, 0) is 84.4 Å². The van der Waals surface area contributed by atoms with E-state index in [1.807, 2.05) is 18.7 Å². The number of benzene rings is 2. The zero-order valence-electron chi connectivity index (χ0n) is 35.4. The first-order chi connectivity index (χ1) is 29.5. The first-order valence-corrected chi connectivity index (χ1v) is 21.0. The van der Waals surface area contributed by atoms with Crippen molar-refractivity contribution in [3.63, 3.8) is 0 Å². The molecular formula is C45H53F3N8O6. The van der Waals surface area contributed by atoms with Gasteiger partial charge in [0.05, 0.1) is 36.9 Å². The van der Waals surface area contributed by atoms with Crippen molar-refractivity contribution in [1.29, 1.82) is 0 Å². The molecule has 4 aromatic rings. The molecule has 3 aliphatic rings. The third-order valence-electron chi connectivity index (χ3n) is 12.2. The van der Waals surface area contributed by atoms with Crippen LogP contribution in [0.4, 0.5) is 29.5 Å². The van der Waals surface area contributed by atoms with Gasteiger partial charge in [0.2, 0.25) is 11.8 Å². The Hall–Kier alpha value is -6.13. The molecule has 5 N–H and O–H groups in total. The first-order valence-electron chi connectivity index (χ1n) is 21.0. The van der Waals surface area contributed by atoms with Crippen LogP contribution >= 0.6 is 0 Å². The van der Waals surface area contributed by atoms with E-state index in [4.69, 9.17) is 9.72 Å². The summed E-state index contributed by atoms with van der Waals surface area (Å²) in [4.78, 5) is 66.1. The van der Waals surface area contributed by atoms with Crippen molar-refractivity contribution in [3.05, 3.63) is 78.4 Å². The molecule has 1 aliphatic heterocycles. The molecule has 1 saturated heterocycles. The number of imidazole rings is 1. The van der Waals surface area contributed by atoms with Gasteiger partial charge in [-0.2, -0.15) is 0 Å². The topological polar surface area (TPSA) is 180 Å². The minimum absolute atomic E-state index is 0.0178. The fourth-order valence-electron chi connectivity index (χ4n) is 8.66. The van der Waals surface area contributed by atoms with Gasteiger partial charge in [0.15, 0.2) is 0 Å². The number of anilines is 2. The number of hydrogen-bond acceptors (Lipinski definition) is 9. The van der Waals surface area contributed by atoms with E-state index in [1.54, 1.807) is 42.6 Å². The lowest BCUT2D eigenvalue weighted by Crippen LogP contribution is -2.53. The largest absolute Gasteiger partial charge is 0.573 e. The molecule has 0 bridgehead atoms. The van der Waals surface area contributed by atoms with E-state index in [0.717, 1.165) is 44.6 Å². The fraction of sp³-hybridized carbons (Fsp3) is 0.467. The number of H-pyrrole nitrogens is 1. The lowest BCUT2D eigenvalue weighted by atomic mass is 9.84. The van der Waals surface area contributed by atoms with E-state index in [2.05, 4.69) is 49.8 Å². The zero-order chi connectivity index (χ0) is 44.3. The number of ether oxygens (including phenoxy) is 2. The Labute approximate surface area is 358 Å². The third-order valence-corrected chi connectivity index (χ3v) is 12.2. The number of alkyl carbamates (subject to hydrolysis) is 1. The number of fused-ring (bicyclic) bond motifs is 1. The van der Waals surface area contributed by atoms with Gasteiger partial charge < -0.3 is 40.6 Å². The molecule has 330 valence electrons. The summed E-state index contributed by atoms with van der Waals surface area (Å²) in [6, 6.07) is 12.8. The number of rotatable bonds is 14. The molecule has 2 saturated carbocycles. The Bertz CT molecular complexity index is 2260. The smallest absolute Gasteiger partial charge is 0.453 e. The van der Waals surface area contributed by atoms with E-state index in [9.17, 15) is 32.3 Å². The Kier molecular flexibility index (Phi) is 12.8. The fourth-order valence-corrected chi connectivity index (χ4v) is 8.66. The van der Waals surface area contributed by atoms with Crippen LogP contribution in [0.3, 0.4) is 0 Å². The van der Waals surface area contributed by atoms with Crippen LogP contribution in [-0.2, 0) is 14.3 Å². The number of halogens is 3. The summed E-state index contributed by atoms with van der Waals surface area (Å²) >= 11 is 0. The summed E-state index contributed by atoms with van der Waals surface area (Å²) in [6.07, 6.45) is 2.93. The van der Waals surface area contributed by atoms with Crippen molar-refractivity contribution in [2.24, 2.45) is 23.2 Å². The Morgan fingerprint density at radius 3 is 2.34 bits per heavy atom. The van der Waals surface area contributed by atoms with Gasteiger partial charge in [-0.15, -0.1) is 13.2 Å². The normalized spacial score (nSPS) is 20.8. The Balaban J connectivity index is 1.02. The molecule has 2 aromatic heterocycles. The quantitative estimate of drug-likeness (QED) is 0.0784. The van der Waals surface area contributed by atoms with Crippen LogP contribution in [0.5, 0.6) is 5.75 Å². The van der Waals surface area contributed by atoms with E-state index in [1.165, 1.54) is 25.4 Å². The van der Waals surface area contributed by atoms with Crippen LogP contribution in [0.15, 0.2) is 67.0 Å². The van der Waals surface area contributed by atoms with E-state index in [-0.39, 0.29) is 52.3 Å². The Morgan fingerprint density at radius 1 is 0.952 bits per heavy atom. The second-order valence-electron chi connectivity index (χ2n) is 17.3. The molecule has 1 unspecified atom stereocenters. The van der Waals surface area contributed by atoms with Gasteiger partial charge in [-0.25, -0.2) is 14.8 Å². The average molecular weight is 859 g/mol. The van der Waals surface area contributed by atoms with Crippen LogP contribution in [0.2, 0.25) is 0 Å². The highest BCUT2D eigenvalue weighted by atomic mass is 19.4. The molecule has 4 amide bonds. The number of aromatic amines is 1. The van der Waals surface area contributed by atoms with Gasteiger partial charge in [0, 0.05) is 36.2 Å². The molecule has 0 spiro atoms. The van der Waals surface area contributed by atoms with Crippen molar-refractivity contribution in [1.82, 2.24) is 30.5 Å². The maximum atomic E-state index is 14.2. The van der Waals surface area contributed by atoms with Crippen LogP contribution < -0.4 is 26.0 Å². The maximum Gasteiger partial charge on any atom is 0.573 e. The summed E-state index contributed by atoms with van der Waals surface area (Å²) in [5.74, 6) is -0.0827. The summed E-state index contributed by atoms with van der Waals surface area (Å²) in [7, 11) is 1.26. The number of amides is 4. The third kappa shape index (κ3) is 10.1. The molecule has 62 heavy (non-hydrogen) atoms. The van der Waals surface area contributed by atoms with Gasteiger partial charge >= 0.3 is 12.5 Å². The standard InChI is InChI=1S/C45H53F3N8O6/c1-25(2)38(55-43(60)61-5)42(59)56-34-9-7-6-8-28(34)20-35(56)39-52-24-33(54-39)27-12-10-26(11-13-27)31-16-14-29(21-36(31)62-45(46,47)48)40(57)53-30-15-17-37(51-23-30)49-18-19-50-41(58)32-22-44(32,3)4/h10-17,21,23-25,28,32,34-35,38H,6-9,18-20,22H2,1-5H3,(H,49,51)(H,50,58)(H,52,54)(H,53,57)(H,55,60)/t28-,32?,34-,35-,38-/m0/s1. The highest BCUT2D eigenvalue weighted by Crippen LogP contribution is 2.51. The number of alkyl halides is 3. The molecule has 7 rings (SSSR count). The lowest BCUT2D eigenvalue weighted by Gasteiger charge is -2.36. The van der Waals surface area contributed by atoms with Gasteiger partial charge in [-0.1, -0.05) is 64.8 Å². The number of nitrogens with zero attached hydrogens (tertiary/aromatic N) is 3. The SMILES string of the molecule is COC(=O)N[C@H](C(=O)N1[C@H](c2ncc(-c3ccc(-c4ccc(C(=O)Nc5ccc(NCCNC(=O)C6CC6(C)C)nc5)cc4OC(F)(F)F)cc3)[nH]2)C[C@@H]2CCCC[C@@H]21)C(C)C. The van der Waals surface area contributed by atoms with Gasteiger partial charge in [0.25, 0.3) is 5.91 Å². The van der Waals surface area contributed by atoms with Gasteiger partial charge in [0.1, 0.15) is 23.4 Å². The summed E-state index contributed by atoms with van der Waals surface area (Å²) < 4.78 is 50.4. The number of pyridine rings is 1. The second-order valence-corrected chi connectivity index (χ2v) is 17.3. The lowest BCUT2D eigenvalue weighted by molar-refractivity contribution is -0.274. The molecule has 0 radical (unpaired) electrons. The van der Waals surface area contributed by atoms with E-state index >= 15 is 0 Å². The highest BCUT2D eigenvalue weighted by Gasteiger charge is 2.50. The van der Waals surface area contributed by atoms with Crippen molar-refractivity contribution < 1.29 is 41.8 Å². The highest BCUT2D eigenvalue weighted by molar-refractivity contribution is 6.05. The molecule has 14 nitrogen and oxygen atoms in total. The first kappa shape index (κ1) is 43.9. The Morgan fingerprint density at radius 2 is 1.68 bits per heavy atom. The predicted molar refractivity (Wildman–Crippen MR) is 226 cm³/mol. The molecule has 3 fully saturated rings. The molecule has 17 heteroatoms. The van der Waals surface area contributed by atoms with Crippen LogP contribution in [-0.4, -0.2) is 82.3 Å². The maximum absolute atomic E-state index is 14.2. The van der Waals surface area contributed by atoms with Crippen molar-refractivity contribution in [2.75, 3.05) is 30.8 Å². The monoisotopic (exact) mass is 858 g/mol. The van der Waals surface area contributed by atoms with Gasteiger partial charge in [-0.3, -0.25) is 14.4 Å². The molecule has 5 atom stereocenters. The van der Waals surface area contributed by atoms with Crippen LogP contribution in [0.25, 0.3) is 22.4 Å². The second kappa shape index (κ2) is 18.1. The minimum Gasteiger partial charge on any atom is -0.453 e. The minimum atomic E-state index is -5.03. The van der Waals surface area contributed by atoms with E-state index in [0.29, 0.717) is 53.2 Å². The number of methoxy groups -OCH3 is 1. The number of carbonyl (C=O) groups is 4. The number of likely N-dealkylation sites (tertiary alicyclic amines) is 1. The zero-order valence-corrected chi connectivity index (χ0v) is 35.4. The van der Waals surface area contributed by atoms with Crippen molar-refractivity contribution >= 4 is 35.3 Å². The predicted octanol–water partition coefficient (Wildman–Crippen LogP) is 8.08. The average Bonchev–Trinajstić information content (AvgIpc) is 3.53. The number of hydrogen-bond donors (Lipinski definition) is 5. The van der Waals surface area contributed by atoms with E-state index < -0.39 is 30.2 Å². The summed E-state index contributed by atoms with van der Waals surface area (Å²) in [6.45, 7) is 8.74. The molecule has 2 aliphatic carbocycles. The molecular weight excluding hydrogens is 806 g/mol.